The lowest BCUT2D eigenvalue weighted by Gasteiger charge is -2.10. The molecule has 0 spiro atoms. The molecule has 0 bridgehead atoms. The van der Waals surface area contributed by atoms with E-state index in [9.17, 15) is 9.59 Å². The molecule has 0 aromatic heterocycles. The predicted molar refractivity (Wildman–Crippen MR) is 113 cm³/mol. The summed E-state index contributed by atoms with van der Waals surface area (Å²) < 4.78 is 10.6. The van der Waals surface area contributed by atoms with Crippen molar-refractivity contribution in [1.29, 1.82) is 0 Å². The number of hydrogen-bond acceptors (Lipinski definition) is 4. The molecule has 2 amide bonds. The lowest BCUT2D eigenvalue weighted by Crippen LogP contribution is -2.14. The third-order valence-corrected chi connectivity index (χ3v) is 4.18. The quantitative estimate of drug-likeness (QED) is 0.618. The molecule has 3 aromatic rings. The molecule has 0 aliphatic rings. The third kappa shape index (κ3) is 5.13. The Hall–Kier alpha value is -3.80. The molecular weight excluding hydrogens is 368 g/mol. The van der Waals surface area contributed by atoms with E-state index in [1.165, 1.54) is 7.11 Å². The third-order valence-electron chi connectivity index (χ3n) is 4.18. The second-order valence-electron chi connectivity index (χ2n) is 6.14. The summed E-state index contributed by atoms with van der Waals surface area (Å²) in [5.41, 5.74) is 2.17. The summed E-state index contributed by atoms with van der Waals surface area (Å²) in [7, 11) is 1.52. The van der Waals surface area contributed by atoms with Crippen LogP contribution < -0.4 is 20.1 Å². The van der Waals surface area contributed by atoms with Gasteiger partial charge >= 0.3 is 0 Å². The Morgan fingerprint density at radius 1 is 0.793 bits per heavy atom. The largest absolute Gasteiger partial charge is 0.496 e. The summed E-state index contributed by atoms with van der Waals surface area (Å²) in [4.78, 5) is 24.9. The zero-order valence-corrected chi connectivity index (χ0v) is 16.3. The Morgan fingerprint density at radius 3 is 2.00 bits per heavy atom. The Balaban J connectivity index is 1.63. The molecule has 0 aliphatic carbocycles. The highest BCUT2D eigenvalue weighted by atomic mass is 16.5. The number of amides is 2. The molecule has 0 radical (unpaired) electrons. The lowest BCUT2D eigenvalue weighted by atomic mass is 10.1. The zero-order chi connectivity index (χ0) is 20.6. The van der Waals surface area contributed by atoms with Gasteiger partial charge in [-0.3, -0.25) is 9.59 Å². The SMILES string of the molecule is CCOc1ccc(NC(=O)c2ccc(NC(=O)c3ccccc3OC)cc2)cc1. The van der Waals surface area contributed by atoms with Crippen LogP contribution in [0.1, 0.15) is 27.6 Å². The Labute approximate surface area is 169 Å². The van der Waals surface area contributed by atoms with Crippen molar-refractivity contribution < 1.29 is 19.1 Å². The van der Waals surface area contributed by atoms with Gasteiger partial charge in [-0.25, -0.2) is 0 Å². The van der Waals surface area contributed by atoms with Gasteiger partial charge in [0.1, 0.15) is 11.5 Å². The first-order chi connectivity index (χ1) is 14.1. The molecule has 148 valence electrons. The molecule has 0 unspecified atom stereocenters. The fraction of sp³-hybridized carbons (Fsp3) is 0.130. The number of carbonyl (C=O) groups excluding carboxylic acids is 2. The van der Waals surface area contributed by atoms with Gasteiger partial charge < -0.3 is 20.1 Å². The molecular formula is C23H22N2O4. The van der Waals surface area contributed by atoms with Crippen LogP contribution in [-0.4, -0.2) is 25.5 Å². The maximum Gasteiger partial charge on any atom is 0.259 e. The molecule has 6 heteroatoms. The first-order valence-corrected chi connectivity index (χ1v) is 9.19. The molecule has 29 heavy (non-hydrogen) atoms. The summed E-state index contributed by atoms with van der Waals surface area (Å²) in [5.74, 6) is 0.725. The molecule has 3 rings (SSSR count). The van der Waals surface area contributed by atoms with Gasteiger partial charge in [0.2, 0.25) is 0 Å². The van der Waals surface area contributed by atoms with E-state index in [0.29, 0.717) is 34.9 Å². The highest BCUT2D eigenvalue weighted by Gasteiger charge is 2.12. The lowest BCUT2D eigenvalue weighted by molar-refractivity contribution is 0.101. The zero-order valence-electron chi connectivity index (χ0n) is 16.3. The van der Waals surface area contributed by atoms with Gasteiger partial charge in [-0.1, -0.05) is 12.1 Å². The second-order valence-corrected chi connectivity index (χ2v) is 6.14. The molecule has 0 fully saturated rings. The number of rotatable bonds is 7. The van der Waals surface area contributed by atoms with Crippen LogP contribution in [0.3, 0.4) is 0 Å². The van der Waals surface area contributed by atoms with Crippen LogP contribution in [0.25, 0.3) is 0 Å². The molecule has 0 saturated heterocycles. The minimum absolute atomic E-state index is 0.239. The number of hydrogen-bond donors (Lipinski definition) is 2. The van der Waals surface area contributed by atoms with E-state index in [-0.39, 0.29) is 11.8 Å². The number of carbonyl (C=O) groups is 2. The van der Waals surface area contributed by atoms with Crippen LogP contribution in [0.5, 0.6) is 11.5 Å². The Morgan fingerprint density at radius 2 is 1.38 bits per heavy atom. The van der Waals surface area contributed by atoms with Gasteiger partial charge in [0.05, 0.1) is 19.3 Å². The number of methoxy groups -OCH3 is 1. The average molecular weight is 390 g/mol. The van der Waals surface area contributed by atoms with Crippen molar-refractivity contribution in [2.45, 2.75) is 6.92 Å². The topological polar surface area (TPSA) is 76.7 Å². The van der Waals surface area contributed by atoms with Crippen molar-refractivity contribution >= 4 is 23.2 Å². The van der Waals surface area contributed by atoms with E-state index >= 15 is 0 Å². The molecule has 6 nitrogen and oxygen atoms in total. The van der Waals surface area contributed by atoms with E-state index in [1.807, 2.05) is 6.92 Å². The van der Waals surface area contributed by atoms with Crippen LogP contribution in [0, 0.1) is 0 Å². The molecule has 0 heterocycles. The number of anilines is 2. The maximum atomic E-state index is 12.4. The van der Waals surface area contributed by atoms with Gasteiger partial charge in [-0.2, -0.15) is 0 Å². The van der Waals surface area contributed by atoms with Crippen molar-refractivity contribution in [1.82, 2.24) is 0 Å². The summed E-state index contributed by atoms with van der Waals surface area (Å²) in [6, 6.07) is 20.8. The molecule has 3 aromatic carbocycles. The fourth-order valence-corrected chi connectivity index (χ4v) is 2.74. The highest BCUT2D eigenvalue weighted by molar-refractivity contribution is 6.07. The van der Waals surface area contributed by atoms with Crippen molar-refractivity contribution in [3.05, 3.63) is 83.9 Å². The van der Waals surface area contributed by atoms with Gasteiger partial charge in [0.25, 0.3) is 11.8 Å². The average Bonchev–Trinajstić information content (AvgIpc) is 2.75. The molecule has 0 saturated carbocycles. The van der Waals surface area contributed by atoms with Crippen molar-refractivity contribution in [2.24, 2.45) is 0 Å². The van der Waals surface area contributed by atoms with Crippen LogP contribution in [0.4, 0.5) is 11.4 Å². The minimum Gasteiger partial charge on any atom is -0.496 e. The van der Waals surface area contributed by atoms with Gasteiger partial charge in [0.15, 0.2) is 0 Å². The smallest absolute Gasteiger partial charge is 0.259 e. The van der Waals surface area contributed by atoms with E-state index in [1.54, 1.807) is 72.8 Å². The Kier molecular flexibility index (Phi) is 6.47. The van der Waals surface area contributed by atoms with E-state index in [4.69, 9.17) is 9.47 Å². The Bertz CT molecular complexity index is 983. The maximum absolute atomic E-state index is 12.4. The van der Waals surface area contributed by atoms with E-state index < -0.39 is 0 Å². The van der Waals surface area contributed by atoms with Gasteiger partial charge in [0, 0.05) is 16.9 Å². The standard InChI is InChI=1S/C23H22N2O4/c1-3-29-19-14-12-18(13-15-19)24-22(26)16-8-10-17(11-9-16)25-23(27)20-6-4-5-7-21(20)28-2/h4-15H,3H2,1-2H3,(H,24,26)(H,25,27). The monoisotopic (exact) mass is 390 g/mol. The first kappa shape index (κ1) is 19.9. The fourth-order valence-electron chi connectivity index (χ4n) is 2.74. The number of ether oxygens (including phenoxy) is 2. The van der Waals surface area contributed by atoms with Crippen LogP contribution in [0.2, 0.25) is 0 Å². The van der Waals surface area contributed by atoms with Crippen molar-refractivity contribution in [3.63, 3.8) is 0 Å². The summed E-state index contributed by atoms with van der Waals surface area (Å²) >= 11 is 0. The van der Waals surface area contributed by atoms with E-state index in [0.717, 1.165) is 5.75 Å². The summed E-state index contributed by atoms with van der Waals surface area (Å²) in [6.07, 6.45) is 0. The first-order valence-electron chi connectivity index (χ1n) is 9.19. The molecule has 0 atom stereocenters. The minimum atomic E-state index is -0.283. The number of benzene rings is 3. The highest BCUT2D eigenvalue weighted by Crippen LogP contribution is 2.20. The van der Waals surface area contributed by atoms with Crippen molar-refractivity contribution in [3.8, 4) is 11.5 Å². The van der Waals surface area contributed by atoms with Crippen LogP contribution >= 0.6 is 0 Å². The normalized spacial score (nSPS) is 10.1. The predicted octanol–water partition coefficient (Wildman–Crippen LogP) is 4.60. The second kappa shape index (κ2) is 9.41. The molecule has 2 N–H and O–H groups in total. The number of para-hydroxylation sites is 1. The molecule has 0 aliphatic heterocycles. The van der Waals surface area contributed by atoms with Crippen LogP contribution in [-0.2, 0) is 0 Å². The van der Waals surface area contributed by atoms with Crippen molar-refractivity contribution in [2.75, 3.05) is 24.4 Å². The van der Waals surface area contributed by atoms with Gasteiger partial charge in [-0.15, -0.1) is 0 Å². The van der Waals surface area contributed by atoms with Gasteiger partial charge in [-0.05, 0) is 67.6 Å². The summed E-state index contributed by atoms with van der Waals surface area (Å²) in [6.45, 7) is 2.50. The van der Waals surface area contributed by atoms with E-state index in [2.05, 4.69) is 10.6 Å². The summed E-state index contributed by atoms with van der Waals surface area (Å²) in [5, 5.41) is 5.63. The van der Waals surface area contributed by atoms with Crippen LogP contribution in [0.15, 0.2) is 72.8 Å². The number of nitrogens with one attached hydrogen (secondary N) is 2.